The third-order valence-electron chi connectivity index (χ3n) is 2.94. The Bertz CT molecular complexity index is 305. The van der Waals surface area contributed by atoms with Crippen LogP contribution in [0, 0.1) is 12.8 Å². The van der Waals surface area contributed by atoms with E-state index in [4.69, 9.17) is 0 Å². The zero-order chi connectivity index (χ0) is 9.97. The summed E-state index contributed by atoms with van der Waals surface area (Å²) in [5.74, 6) is 0.959. The molecule has 1 unspecified atom stereocenters. The van der Waals surface area contributed by atoms with Gasteiger partial charge in [0.1, 0.15) is 0 Å². The third kappa shape index (κ3) is 2.32. The summed E-state index contributed by atoms with van der Waals surface area (Å²) in [4.78, 5) is 4.22. The van der Waals surface area contributed by atoms with Crippen LogP contribution in [0.2, 0.25) is 0 Å². The van der Waals surface area contributed by atoms with E-state index in [1.54, 1.807) is 0 Å². The molecule has 0 radical (unpaired) electrons. The van der Waals surface area contributed by atoms with Crippen LogP contribution in [0.1, 0.15) is 36.6 Å². The standard InChI is InChI=1S/C12H18N2/c1-9-7-11(5-6-14-9)12(13-2)8-10-3-4-10/h5-7,10,12-13H,3-4,8H2,1-2H3. The normalized spacial score (nSPS) is 18.1. The van der Waals surface area contributed by atoms with Crippen molar-refractivity contribution in [2.45, 2.75) is 32.2 Å². The SMILES string of the molecule is CNC(CC1CC1)c1ccnc(C)c1. The Morgan fingerprint density at radius 1 is 1.57 bits per heavy atom. The smallest absolute Gasteiger partial charge is 0.0375 e. The molecule has 0 bridgehead atoms. The molecule has 1 aromatic rings. The van der Waals surface area contributed by atoms with Crippen LogP contribution in [0.3, 0.4) is 0 Å². The van der Waals surface area contributed by atoms with Crippen molar-refractivity contribution in [2.24, 2.45) is 5.92 Å². The Balaban J connectivity index is 2.08. The largest absolute Gasteiger partial charge is 0.313 e. The topological polar surface area (TPSA) is 24.9 Å². The number of aryl methyl sites for hydroxylation is 1. The van der Waals surface area contributed by atoms with Gasteiger partial charge in [0.2, 0.25) is 0 Å². The molecule has 0 amide bonds. The quantitative estimate of drug-likeness (QED) is 0.789. The zero-order valence-corrected chi connectivity index (χ0v) is 8.96. The van der Waals surface area contributed by atoms with Gasteiger partial charge in [-0.25, -0.2) is 0 Å². The second-order valence-corrected chi connectivity index (χ2v) is 4.25. The minimum atomic E-state index is 0.518. The highest BCUT2D eigenvalue weighted by atomic mass is 14.9. The molecular weight excluding hydrogens is 172 g/mol. The van der Waals surface area contributed by atoms with Crippen molar-refractivity contribution in [1.29, 1.82) is 0 Å². The van der Waals surface area contributed by atoms with E-state index in [9.17, 15) is 0 Å². The Morgan fingerprint density at radius 2 is 2.36 bits per heavy atom. The molecule has 0 saturated heterocycles. The van der Waals surface area contributed by atoms with Crippen LogP contribution in [-0.2, 0) is 0 Å². The lowest BCUT2D eigenvalue weighted by Crippen LogP contribution is -2.17. The number of nitrogens with zero attached hydrogens (tertiary/aromatic N) is 1. The fraction of sp³-hybridized carbons (Fsp3) is 0.583. The number of pyridine rings is 1. The van der Waals surface area contributed by atoms with Gasteiger partial charge in [-0.15, -0.1) is 0 Å². The van der Waals surface area contributed by atoms with E-state index >= 15 is 0 Å². The minimum Gasteiger partial charge on any atom is -0.313 e. The number of hydrogen-bond donors (Lipinski definition) is 1. The van der Waals surface area contributed by atoms with E-state index in [2.05, 4.69) is 22.4 Å². The summed E-state index contributed by atoms with van der Waals surface area (Å²) in [7, 11) is 2.04. The average molecular weight is 190 g/mol. The molecule has 1 atom stereocenters. The highest BCUT2D eigenvalue weighted by Gasteiger charge is 2.25. The van der Waals surface area contributed by atoms with Gasteiger partial charge < -0.3 is 5.32 Å². The van der Waals surface area contributed by atoms with Crippen molar-refractivity contribution in [3.63, 3.8) is 0 Å². The number of hydrogen-bond acceptors (Lipinski definition) is 2. The Hall–Kier alpha value is -0.890. The van der Waals surface area contributed by atoms with E-state index in [1.807, 2.05) is 20.2 Å². The molecule has 1 aliphatic carbocycles. The van der Waals surface area contributed by atoms with Crippen molar-refractivity contribution in [2.75, 3.05) is 7.05 Å². The van der Waals surface area contributed by atoms with Crippen molar-refractivity contribution in [1.82, 2.24) is 10.3 Å². The molecule has 1 N–H and O–H groups in total. The molecule has 2 rings (SSSR count). The van der Waals surface area contributed by atoms with E-state index < -0.39 is 0 Å². The lowest BCUT2D eigenvalue weighted by Gasteiger charge is -2.16. The maximum Gasteiger partial charge on any atom is 0.0375 e. The van der Waals surface area contributed by atoms with E-state index in [0.717, 1.165) is 11.6 Å². The molecule has 0 aliphatic heterocycles. The van der Waals surface area contributed by atoms with Crippen molar-refractivity contribution < 1.29 is 0 Å². The van der Waals surface area contributed by atoms with Crippen LogP contribution in [-0.4, -0.2) is 12.0 Å². The van der Waals surface area contributed by atoms with Gasteiger partial charge >= 0.3 is 0 Å². The van der Waals surface area contributed by atoms with E-state index in [1.165, 1.54) is 24.8 Å². The first-order valence-electron chi connectivity index (χ1n) is 5.39. The second-order valence-electron chi connectivity index (χ2n) is 4.25. The molecule has 14 heavy (non-hydrogen) atoms. The molecule has 1 aliphatic rings. The van der Waals surface area contributed by atoms with E-state index in [-0.39, 0.29) is 0 Å². The number of rotatable bonds is 4. The van der Waals surface area contributed by atoms with Gasteiger partial charge in [0.05, 0.1) is 0 Å². The van der Waals surface area contributed by atoms with Crippen LogP contribution in [0.15, 0.2) is 18.3 Å². The van der Waals surface area contributed by atoms with Crippen LogP contribution < -0.4 is 5.32 Å². The molecule has 2 heteroatoms. The third-order valence-corrected chi connectivity index (χ3v) is 2.94. The van der Waals surface area contributed by atoms with Crippen molar-refractivity contribution >= 4 is 0 Å². The average Bonchev–Trinajstić information content (AvgIpc) is 2.98. The molecule has 1 aromatic heterocycles. The summed E-state index contributed by atoms with van der Waals surface area (Å²) in [6, 6.07) is 4.82. The minimum absolute atomic E-state index is 0.518. The summed E-state index contributed by atoms with van der Waals surface area (Å²) in [6.07, 6.45) is 6.02. The number of aromatic nitrogens is 1. The predicted octanol–water partition coefficient (Wildman–Crippen LogP) is 2.45. The maximum atomic E-state index is 4.22. The van der Waals surface area contributed by atoms with Gasteiger partial charge in [-0.2, -0.15) is 0 Å². The Morgan fingerprint density at radius 3 is 2.93 bits per heavy atom. The molecular formula is C12H18N2. The molecule has 0 spiro atoms. The van der Waals surface area contributed by atoms with E-state index in [0.29, 0.717) is 6.04 Å². The van der Waals surface area contributed by atoms with Gasteiger partial charge in [0, 0.05) is 17.9 Å². The highest BCUT2D eigenvalue weighted by molar-refractivity contribution is 5.19. The summed E-state index contributed by atoms with van der Waals surface area (Å²) >= 11 is 0. The Kier molecular flexibility index (Phi) is 2.82. The Labute approximate surface area is 85.7 Å². The van der Waals surface area contributed by atoms with Gasteiger partial charge in [0.25, 0.3) is 0 Å². The fourth-order valence-corrected chi connectivity index (χ4v) is 1.89. The predicted molar refractivity (Wildman–Crippen MR) is 58.1 cm³/mol. The molecule has 76 valence electrons. The summed E-state index contributed by atoms with van der Waals surface area (Å²) in [6.45, 7) is 2.05. The molecule has 0 aromatic carbocycles. The molecule has 1 heterocycles. The van der Waals surface area contributed by atoms with Gasteiger partial charge in [-0.05, 0) is 44.0 Å². The second kappa shape index (κ2) is 4.09. The first kappa shape index (κ1) is 9.66. The van der Waals surface area contributed by atoms with Crippen LogP contribution in [0.4, 0.5) is 0 Å². The van der Waals surface area contributed by atoms with Gasteiger partial charge in [-0.1, -0.05) is 12.8 Å². The first-order chi connectivity index (χ1) is 6.79. The highest BCUT2D eigenvalue weighted by Crippen LogP contribution is 2.37. The van der Waals surface area contributed by atoms with Gasteiger partial charge in [-0.3, -0.25) is 4.98 Å². The first-order valence-corrected chi connectivity index (χ1v) is 5.39. The zero-order valence-electron chi connectivity index (χ0n) is 8.96. The lowest BCUT2D eigenvalue weighted by molar-refractivity contribution is 0.514. The molecule has 2 nitrogen and oxygen atoms in total. The van der Waals surface area contributed by atoms with Crippen molar-refractivity contribution in [3.8, 4) is 0 Å². The van der Waals surface area contributed by atoms with Crippen LogP contribution in [0.5, 0.6) is 0 Å². The summed E-state index contributed by atoms with van der Waals surface area (Å²) < 4.78 is 0. The fourth-order valence-electron chi connectivity index (χ4n) is 1.89. The molecule has 1 saturated carbocycles. The van der Waals surface area contributed by atoms with Crippen molar-refractivity contribution in [3.05, 3.63) is 29.6 Å². The maximum absolute atomic E-state index is 4.22. The van der Waals surface area contributed by atoms with Crippen LogP contribution >= 0.6 is 0 Å². The van der Waals surface area contributed by atoms with Gasteiger partial charge in [0.15, 0.2) is 0 Å². The van der Waals surface area contributed by atoms with Crippen LogP contribution in [0.25, 0.3) is 0 Å². The number of nitrogens with one attached hydrogen (secondary N) is 1. The molecule has 1 fully saturated rings. The summed E-state index contributed by atoms with van der Waals surface area (Å²) in [5, 5.41) is 3.39. The summed E-state index contributed by atoms with van der Waals surface area (Å²) in [5.41, 5.74) is 2.49. The lowest BCUT2D eigenvalue weighted by atomic mass is 10.0. The monoisotopic (exact) mass is 190 g/mol.